The molecular weight excluding hydrogens is 136 g/mol. The molecule has 0 aromatic rings. The molecule has 1 heterocycles. The molecule has 0 radical (unpaired) electrons. The fourth-order valence-electron chi connectivity index (χ4n) is 1.07. The van der Waals surface area contributed by atoms with Crippen molar-refractivity contribution in [2.45, 2.75) is 6.04 Å². The maximum absolute atomic E-state index is 4.18. The first kappa shape index (κ1) is 6.28. The number of allylic oxidation sites excluding steroid dienone is 4. The number of rotatable bonds is 0. The highest BCUT2D eigenvalue weighted by atomic mass is 14.9. The van der Waals surface area contributed by atoms with Crippen LogP contribution in [0.4, 0.5) is 0 Å². The average Bonchev–Trinajstić information content (AvgIpc) is 2.36. The van der Waals surface area contributed by atoms with Gasteiger partial charge in [-0.3, -0.25) is 4.99 Å². The van der Waals surface area contributed by atoms with Crippen LogP contribution in [0, 0.1) is 0 Å². The first-order valence-electron chi connectivity index (χ1n) is 3.57. The SMILES string of the molecule is C1=CC2=CC(C=C1)N=CN=C2. The number of hydrogen-bond donors (Lipinski definition) is 0. The van der Waals surface area contributed by atoms with E-state index in [1.54, 1.807) is 6.34 Å². The second kappa shape index (κ2) is 2.66. The molecule has 0 saturated heterocycles. The molecule has 2 heteroatoms. The van der Waals surface area contributed by atoms with E-state index in [2.05, 4.69) is 16.1 Å². The third-order valence-electron chi connectivity index (χ3n) is 1.60. The summed E-state index contributed by atoms with van der Waals surface area (Å²) in [6.07, 6.45) is 13.5. The number of hydrogen-bond acceptors (Lipinski definition) is 2. The smallest absolute Gasteiger partial charge is 0.110 e. The molecule has 54 valence electrons. The number of aliphatic imine (C=N–C) groups is 2. The van der Waals surface area contributed by atoms with Crippen molar-refractivity contribution in [3.8, 4) is 0 Å². The van der Waals surface area contributed by atoms with Gasteiger partial charge in [-0.15, -0.1) is 0 Å². The van der Waals surface area contributed by atoms with E-state index in [4.69, 9.17) is 0 Å². The lowest BCUT2D eigenvalue weighted by Crippen LogP contribution is -1.93. The van der Waals surface area contributed by atoms with Crippen LogP contribution in [0.2, 0.25) is 0 Å². The number of nitrogens with zero attached hydrogens (tertiary/aromatic N) is 2. The Morgan fingerprint density at radius 3 is 3.27 bits per heavy atom. The minimum absolute atomic E-state index is 0.169. The molecule has 1 atom stereocenters. The molecule has 1 aliphatic carbocycles. The summed E-state index contributed by atoms with van der Waals surface area (Å²) >= 11 is 0. The van der Waals surface area contributed by atoms with Gasteiger partial charge in [0.15, 0.2) is 0 Å². The van der Waals surface area contributed by atoms with Crippen molar-refractivity contribution in [1.82, 2.24) is 0 Å². The van der Waals surface area contributed by atoms with Crippen molar-refractivity contribution in [2.24, 2.45) is 9.98 Å². The minimum atomic E-state index is 0.169. The molecule has 2 bridgehead atoms. The summed E-state index contributed by atoms with van der Waals surface area (Å²) in [6, 6.07) is 0.169. The normalized spacial score (nSPS) is 26.2. The summed E-state index contributed by atoms with van der Waals surface area (Å²) in [6.45, 7) is 0. The second-order valence-corrected chi connectivity index (χ2v) is 2.44. The highest BCUT2D eigenvalue weighted by molar-refractivity contribution is 5.89. The van der Waals surface area contributed by atoms with Gasteiger partial charge in [0, 0.05) is 6.21 Å². The minimum Gasteiger partial charge on any atom is -0.262 e. The fourth-order valence-corrected chi connectivity index (χ4v) is 1.07. The van der Waals surface area contributed by atoms with Crippen LogP contribution in [0.25, 0.3) is 0 Å². The average molecular weight is 144 g/mol. The van der Waals surface area contributed by atoms with Crippen molar-refractivity contribution in [3.63, 3.8) is 0 Å². The largest absolute Gasteiger partial charge is 0.262 e. The van der Waals surface area contributed by atoms with E-state index >= 15 is 0 Å². The van der Waals surface area contributed by atoms with Gasteiger partial charge in [-0.2, -0.15) is 0 Å². The zero-order valence-electron chi connectivity index (χ0n) is 6.01. The highest BCUT2D eigenvalue weighted by Crippen LogP contribution is 2.08. The Morgan fingerprint density at radius 2 is 2.27 bits per heavy atom. The molecule has 1 aliphatic heterocycles. The van der Waals surface area contributed by atoms with Gasteiger partial charge < -0.3 is 0 Å². The lowest BCUT2D eigenvalue weighted by atomic mass is 10.2. The van der Waals surface area contributed by atoms with Crippen LogP contribution in [0.15, 0.2) is 45.9 Å². The summed E-state index contributed by atoms with van der Waals surface area (Å²) in [5.74, 6) is 0. The van der Waals surface area contributed by atoms with E-state index < -0.39 is 0 Å². The monoisotopic (exact) mass is 144 g/mol. The molecule has 0 aromatic heterocycles. The molecule has 11 heavy (non-hydrogen) atoms. The predicted octanol–water partition coefficient (Wildman–Crippen LogP) is 1.52. The Kier molecular flexibility index (Phi) is 1.52. The van der Waals surface area contributed by atoms with Crippen molar-refractivity contribution < 1.29 is 0 Å². The predicted molar refractivity (Wildman–Crippen MR) is 47.1 cm³/mol. The van der Waals surface area contributed by atoms with E-state index in [0.717, 1.165) is 5.57 Å². The van der Waals surface area contributed by atoms with Crippen LogP contribution < -0.4 is 0 Å². The fraction of sp³-hybridized carbons (Fsp3) is 0.111. The maximum atomic E-state index is 4.18. The molecule has 2 rings (SSSR count). The maximum Gasteiger partial charge on any atom is 0.110 e. The van der Waals surface area contributed by atoms with Crippen LogP contribution >= 0.6 is 0 Å². The van der Waals surface area contributed by atoms with Gasteiger partial charge in [-0.25, -0.2) is 4.99 Å². The number of fused-ring (bicyclic) bond motifs is 1. The summed E-state index contributed by atoms with van der Waals surface area (Å²) in [5.41, 5.74) is 1.12. The summed E-state index contributed by atoms with van der Waals surface area (Å²) in [4.78, 5) is 8.16. The standard InChI is InChI=1S/C9H8N2/c1-2-4-9-5-8(3-1)6-10-7-11-9/h1-7,9H. The Hall–Kier alpha value is -1.44. The molecule has 0 N–H and O–H groups in total. The van der Waals surface area contributed by atoms with Crippen molar-refractivity contribution >= 4 is 12.6 Å². The molecule has 2 aliphatic rings. The Morgan fingerprint density at radius 1 is 1.27 bits per heavy atom. The van der Waals surface area contributed by atoms with E-state index in [9.17, 15) is 0 Å². The van der Waals surface area contributed by atoms with E-state index in [1.807, 2.05) is 30.5 Å². The van der Waals surface area contributed by atoms with E-state index in [1.165, 1.54) is 0 Å². The van der Waals surface area contributed by atoms with Crippen LogP contribution in [0.3, 0.4) is 0 Å². The van der Waals surface area contributed by atoms with Crippen LogP contribution in [0.5, 0.6) is 0 Å². The third-order valence-corrected chi connectivity index (χ3v) is 1.60. The van der Waals surface area contributed by atoms with Gasteiger partial charge in [0.2, 0.25) is 0 Å². The van der Waals surface area contributed by atoms with E-state index in [0.29, 0.717) is 0 Å². The molecule has 0 saturated carbocycles. The highest BCUT2D eigenvalue weighted by Gasteiger charge is 2.01. The van der Waals surface area contributed by atoms with E-state index in [-0.39, 0.29) is 6.04 Å². The first-order valence-corrected chi connectivity index (χ1v) is 3.57. The topological polar surface area (TPSA) is 24.7 Å². The van der Waals surface area contributed by atoms with Crippen molar-refractivity contribution in [1.29, 1.82) is 0 Å². The molecule has 0 spiro atoms. The first-order chi connectivity index (χ1) is 5.45. The molecule has 0 aromatic carbocycles. The zero-order valence-corrected chi connectivity index (χ0v) is 6.01. The van der Waals surface area contributed by atoms with Crippen molar-refractivity contribution in [3.05, 3.63) is 36.0 Å². The Labute approximate surface area is 65.4 Å². The zero-order chi connectivity index (χ0) is 7.52. The summed E-state index contributed by atoms with van der Waals surface area (Å²) in [7, 11) is 0. The van der Waals surface area contributed by atoms with Gasteiger partial charge in [-0.05, 0) is 11.6 Å². The van der Waals surface area contributed by atoms with Crippen LogP contribution in [0.1, 0.15) is 0 Å². The third kappa shape index (κ3) is 1.34. The second-order valence-electron chi connectivity index (χ2n) is 2.44. The summed E-state index contributed by atoms with van der Waals surface area (Å²) < 4.78 is 0. The van der Waals surface area contributed by atoms with Crippen LogP contribution in [-0.4, -0.2) is 18.6 Å². The lowest BCUT2D eigenvalue weighted by molar-refractivity contribution is 1.04. The van der Waals surface area contributed by atoms with Gasteiger partial charge in [-0.1, -0.05) is 24.3 Å². The Balaban J connectivity index is 2.41. The quantitative estimate of drug-likeness (QED) is 0.492. The molecule has 2 nitrogen and oxygen atoms in total. The van der Waals surface area contributed by atoms with Gasteiger partial charge in [0.25, 0.3) is 0 Å². The van der Waals surface area contributed by atoms with Crippen molar-refractivity contribution in [2.75, 3.05) is 0 Å². The summed E-state index contributed by atoms with van der Waals surface area (Å²) in [5, 5.41) is 0. The molecule has 0 amide bonds. The lowest BCUT2D eigenvalue weighted by Gasteiger charge is -1.95. The Bertz CT molecular complexity index is 267. The molecule has 0 fully saturated rings. The van der Waals surface area contributed by atoms with Gasteiger partial charge in [0.05, 0.1) is 6.04 Å². The molecular formula is C9H8N2. The molecule has 1 unspecified atom stereocenters. The van der Waals surface area contributed by atoms with Gasteiger partial charge in [0.1, 0.15) is 6.34 Å². The van der Waals surface area contributed by atoms with Gasteiger partial charge >= 0.3 is 0 Å². The van der Waals surface area contributed by atoms with Crippen LogP contribution in [-0.2, 0) is 0 Å².